The van der Waals surface area contributed by atoms with Gasteiger partial charge in [-0.3, -0.25) is 0 Å². The summed E-state index contributed by atoms with van der Waals surface area (Å²) in [6.07, 6.45) is 0.628. The summed E-state index contributed by atoms with van der Waals surface area (Å²) in [5, 5.41) is 2.79. The maximum atomic E-state index is 12.0. The summed E-state index contributed by atoms with van der Waals surface area (Å²) in [4.78, 5) is 13.5. The van der Waals surface area contributed by atoms with Crippen LogP contribution >= 0.6 is 0 Å². The molecule has 128 valence electrons. The van der Waals surface area contributed by atoms with Crippen LogP contribution in [0.4, 0.5) is 4.79 Å². The molecule has 0 spiro atoms. The second-order valence-electron chi connectivity index (χ2n) is 6.04. The lowest BCUT2D eigenvalue weighted by atomic mass is 10.1. The predicted octanol–water partition coefficient (Wildman–Crippen LogP) is 1.45. The average molecular weight is 340 g/mol. The molecule has 1 aromatic rings. The number of hydrogen-bond acceptors (Lipinski definition) is 4. The maximum Gasteiger partial charge on any atom is 0.317 e. The highest BCUT2D eigenvalue weighted by Gasteiger charge is 2.28. The molecule has 2 rings (SSSR count). The number of nitrogens with zero attached hydrogens (tertiary/aromatic N) is 1. The van der Waals surface area contributed by atoms with Crippen LogP contribution in [0.1, 0.15) is 12.0 Å². The third kappa shape index (κ3) is 5.74. The molecule has 0 aliphatic carbocycles. The highest BCUT2D eigenvalue weighted by atomic mass is 32.2. The summed E-state index contributed by atoms with van der Waals surface area (Å²) in [6.45, 7) is 3.28. The van der Waals surface area contributed by atoms with Gasteiger partial charge in [0.15, 0.2) is 9.84 Å². The monoisotopic (exact) mass is 340 g/mol. The topological polar surface area (TPSA) is 75.7 Å². The van der Waals surface area contributed by atoms with Crippen LogP contribution in [0.15, 0.2) is 24.3 Å². The van der Waals surface area contributed by atoms with Gasteiger partial charge in [0.1, 0.15) is 12.4 Å². The zero-order valence-corrected chi connectivity index (χ0v) is 14.4. The lowest BCUT2D eigenvalue weighted by molar-refractivity contribution is 0.194. The number of likely N-dealkylation sites (N-methyl/N-ethyl adjacent to an activating group) is 1. The fraction of sp³-hybridized carbons (Fsp3) is 0.562. The van der Waals surface area contributed by atoms with E-state index in [1.54, 1.807) is 7.05 Å². The van der Waals surface area contributed by atoms with Crippen LogP contribution in [-0.2, 0) is 9.84 Å². The van der Waals surface area contributed by atoms with Gasteiger partial charge in [-0.25, -0.2) is 13.2 Å². The van der Waals surface area contributed by atoms with E-state index in [1.165, 1.54) is 10.5 Å². The Hall–Kier alpha value is -1.76. The zero-order valence-electron chi connectivity index (χ0n) is 13.6. The third-order valence-electron chi connectivity index (χ3n) is 3.93. The third-order valence-corrected chi connectivity index (χ3v) is 5.77. The quantitative estimate of drug-likeness (QED) is 0.850. The fourth-order valence-corrected chi connectivity index (χ4v) is 4.30. The van der Waals surface area contributed by atoms with Gasteiger partial charge in [0.25, 0.3) is 0 Å². The Kier molecular flexibility index (Phi) is 5.87. The molecule has 1 heterocycles. The second-order valence-corrected chi connectivity index (χ2v) is 8.27. The number of carbonyl (C=O) groups excluding carboxylic acids is 1. The zero-order chi connectivity index (χ0) is 16.9. The molecule has 1 saturated heterocycles. The van der Waals surface area contributed by atoms with Crippen molar-refractivity contribution in [3.8, 4) is 5.75 Å². The van der Waals surface area contributed by atoms with E-state index in [2.05, 4.69) is 5.32 Å². The van der Waals surface area contributed by atoms with Crippen molar-refractivity contribution in [1.82, 2.24) is 10.2 Å². The number of amides is 2. The molecule has 1 aliphatic heterocycles. The Morgan fingerprint density at radius 3 is 2.65 bits per heavy atom. The standard InChI is InChI=1S/C16H24N2O4S/c1-13-3-5-15(6-4-13)22-9-8-18(2)16(19)17-11-14-7-10-23(20,21)12-14/h3-6,14H,7-12H2,1-2H3,(H,17,19)/t14-/m0/s1. The van der Waals surface area contributed by atoms with Crippen LogP contribution < -0.4 is 10.1 Å². The van der Waals surface area contributed by atoms with Gasteiger partial charge in [0.05, 0.1) is 18.1 Å². The summed E-state index contributed by atoms with van der Waals surface area (Å²) >= 11 is 0. The van der Waals surface area contributed by atoms with E-state index >= 15 is 0 Å². The van der Waals surface area contributed by atoms with Gasteiger partial charge < -0.3 is 15.0 Å². The predicted molar refractivity (Wildman–Crippen MR) is 89.5 cm³/mol. The molecule has 7 heteroatoms. The minimum absolute atomic E-state index is 0.0289. The number of ether oxygens (including phenoxy) is 1. The summed E-state index contributed by atoms with van der Waals surface area (Å²) in [6, 6.07) is 7.54. The largest absolute Gasteiger partial charge is 0.492 e. The maximum absolute atomic E-state index is 12.0. The van der Waals surface area contributed by atoms with Crippen LogP contribution in [0.2, 0.25) is 0 Å². The van der Waals surface area contributed by atoms with Crippen LogP contribution in [0.3, 0.4) is 0 Å². The average Bonchev–Trinajstić information content (AvgIpc) is 2.86. The van der Waals surface area contributed by atoms with Crippen LogP contribution in [0.25, 0.3) is 0 Å². The molecule has 23 heavy (non-hydrogen) atoms. The van der Waals surface area contributed by atoms with Crippen molar-refractivity contribution in [1.29, 1.82) is 0 Å². The number of rotatable bonds is 6. The molecule has 1 aromatic carbocycles. The van der Waals surface area contributed by atoms with Crippen molar-refractivity contribution >= 4 is 15.9 Å². The Morgan fingerprint density at radius 2 is 2.04 bits per heavy atom. The van der Waals surface area contributed by atoms with Crippen molar-refractivity contribution in [3.63, 3.8) is 0 Å². The van der Waals surface area contributed by atoms with Gasteiger partial charge in [-0.15, -0.1) is 0 Å². The minimum Gasteiger partial charge on any atom is -0.492 e. The van der Waals surface area contributed by atoms with Crippen molar-refractivity contribution in [3.05, 3.63) is 29.8 Å². The normalized spacial score (nSPS) is 19.3. The van der Waals surface area contributed by atoms with E-state index in [9.17, 15) is 13.2 Å². The number of aryl methyl sites for hydroxylation is 1. The summed E-state index contributed by atoms with van der Waals surface area (Å²) < 4.78 is 28.3. The molecule has 0 unspecified atom stereocenters. The molecule has 1 N–H and O–H groups in total. The van der Waals surface area contributed by atoms with E-state index in [1.807, 2.05) is 31.2 Å². The van der Waals surface area contributed by atoms with Gasteiger partial charge in [-0.1, -0.05) is 17.7 Å². The number of nitrogens with one attached hydrogen (secondary N) is 1. The van der Waals surface area contributed by atoms with E-state index in [0.717, 1.165) is 5.75 Å². The van der Waals surface area contributed by atoms with Crippen molar-refractivity contribution in [2.24, 2.45) is 5.92 Å². The lowest BCUT2D eigenvalue weighted by Gasteiger charge is -2.19. The van der Waals surface area contributed by atoms with E-state index in [0.29, 0.717) is 26.1 Å². The fourth-order valence-electron chi connectivity index (χ4n) is 2.44. The molecule has 0 saturated carbocycles. The van der Waals surface area contributed by atoms with Crippen LogP contribution in [0.5, 0.6) is 5.75 Å². The molecular weight excluding hydrogens is 316 g/mol. The van der Waals surface area contributed by atoms with Crippen molar-refractivity contribution in [2.75, 3.05) is 38.2 Å². The van der Waals surface area contributed by atoms with E-state index in [4.69, 9.17) is 4.74 Å². The Labute approximate surface area is 137 Å². The lowest BCUT2D eigenvalue weighted by Crippen LogP contribution is -2.41. The Balaban J connectivity index is 1.65. The molecule has 0 aromatic heterocycles. The number of hydrogen-bond donors (Lipinski definition) is 1. The van der Waals surface area contributed by atoms with E-state index < -0.39 is 9.84 Å². The minimum atomic E-state index is -2.90. The van der Waals surface area contributed by atoms with Crippen molar-refractivity contribution in [2.45, 2.75) is 13.3 Å². The first-order valence-corrected chi connectivity index (χ1v) is 9.57. The van der Waals surface area contributed by atoms with Crippen LogP contribution in [0, 0.1) is 12.8 Å². The Bertz CT molecular complexity index is 628. The Morgan fingerprint density at radius 1 is 1.35 bits per heavy atom. The summed E-state index contributed by atoms with van der Waals surface area (Å²) in [5.41, 5.74) is 1.17. The van der Waals surface area contributed by atoms with Crippen LogP contribution in [-0.4, -0.2) is 57.6 Å². The van der Waals surface area contributed by atoms with Crippen molar-refractivity contribution < 1.29 is 17.9 Å². The smallest absolute Gasteiger partial charge is 0.317 e. The second kappa shape index (κ2) is 7.68. The molecule has 6 nitrogen and oxygen atoms in total. The SMILES string of the molecule is Cc1ccc(OCCN(C)C(=O)NC[C@@H]2CCS(=O)(=O)C2)cc1. The molecule has 2 amide bonds. The van der Waals surface area contributed by atoms with E-state index in [-0.39, 0.29) is 23.5 Å². The molecule has 1 aliphatic rings. The van der Waals surface area contributed by atoms with Gasteiger partial charge in [0, 0.05) is 13.6 Å². The van der Waals surface area contributed by atoms with Gasteiger partial charge in [-0.2, -0.15) is 0 Å². The molecule has 1 atom stereocenters. The van der Waals surface area contributed by atoms with Gasteiger partial charge in [0.2, 0.25) is 0 Å². The summed E-state index contributed by atoms with van der Waals surface area (Å²) in [7, 11) is -1.20. The molecule has 0 radical (unpaired) electrons. The van der Waals surface area contributed by atoms with Gasteiger partial charge >= 0.3 is 6.03 Å². The number of sulfone groups is 1. The first-order chi connectivity index (χ1) is 10.9. The highest BCUT2D eigenvalue weighted by molar-refractivity contribution is 7.91. The highest BCUT2D eigenvalue weighted by Crippen LogP contribution is 2.17. The number of benzene rings is 1. The first-order valence-electron chi connectivity index (χ1n) is 7.74. The molecule has 0 bridgehead atoms. The molecule has 1 fully saturated rings. The number of urea groups is 1. The summed E-state index contributed by atoms with van der Waals surface area (Å²) in [5.74, 6) is 1.21. The number of carbonyl (C=O) groups is 1. The van der Waals surface area contributed by atoms with Gasteiger partial charge in [-0.05, 0) is 31.4 Å². The molecular formula is C16H24N2O4S. The first kappa shape index (κ1) is 17.6.